The molecule has 0 aliphatic carbocycles. The van der Waals surface area contributed by atoms with E-state index < -0.39 is 0 Å². The van der Waals surface area contributed by atoms with Gasteiger partial charge in [-0.1, -0.05) is 0 Å². The monoisotopic (exact) mass is 188 g/mol. The Labute approximate surface area is 76.8 Å². The van der Waals surface area contributed by atoms with Crippen LogP contribution >= 0.6 is 0 Å². The fourth-order valence-electron chi connectivity index (χ4n) is 0.661. The van der Waals surface area contributed by atoms with Gasteiger partial charge in [0.15, 0.2) is 11.9 Å². The van der Waals surface area contributed by atoms with Crippen molar-refractivity contribution in [2.75, 3.05) is 26.3 Å². The molecule has 0 unspecified atom stereocenters. The predicted molar refractivity (Wildman–Crippen MR) is 50.7 cm³/mol. The van der Waals surface area contributed by atoms with E-state index in [1.165, 1.54) is 0 Å². The lowest BCUT2D eigenvalue weighted by atomic mass is 10.5. The van der Waals surface area contributed by atoms with E-state index in [-0.39, 0.29) is 11.9 Å². The van der Waals surface area contributed by atoms with Gasteiger partial charge in [0.2, 0.25) is 0 Å². The number of guanidine groups is 2. The van der Waals surface area contributed by atoms with Crippen LogP contribution in [0.4, 0.5) is 0 Å². The van der Waals surface area contributed by atoms with Crippen LogP contribution in [-0.4, -0.2) is 38.2 Å². The Bertz CT molecular complexity index is 143. The summed E-state index contributed by atoms with van der Waals surface area (Å²) in [5.74, 6) is -0.625. The normalized spacial score (nSPS) is 15.1. The first-order valence-corrected chi connectivity index (χ1v) is 3.86. The van der Waals surface area contributed by atoms with E-state index in [0.29, 0.717) is 0 Å². The Morgan fingerprint density at radius 1 is 1.15 bits per heavy atom. The number of morpholine rings is 1. The molecule has 1 saturated heterocycles. The predicted octanol–water partition coefficient (Wildman–Crippen LogP) is -2.03. The van der Waals surface area contributed by atoms with Crippen molar-refractivity contribution >= 4 is 11.9 Å². The highest BCUT2D eigenvalue weighted by atomic mass is 16.5. The van der Waals surface area contributed by atoms with Gasteiger partial charge in [0.05, 0.1) is 13.2 Å². The average molecular weight is 188 g/mol. The molecule has 0 spiro atoms. The number of ether oxygens (including phenoxy) is 1. The Morgan fingerprint density at radius 2 is 1.62 bits per heavy atom. The maximum atomic E-state index is 6.47. The van der Waals surface area contributed by atoms with Crippen molar-refractivity contribution in [2.45, 2.75) is 0 Å². The SMILES string of the molecule is C1COCCN1.N=C(N)NC(=N)N. The molecule has 1 fully saturated rings. The van der Waals surface area contributed by atoms with E-state index in [9.17, 15) is 0 Å². The molecule has 1 rings (SSSR count). The molecule has 0 saturated carbocycles. The Balaban J connectivity index is 0.000000223. The van der Waals surface area contributed by atoms with Crippen LogP contribution in [-0.2, 0) is 4.74 Å². The molecule has 0 atom stereocenters. The first-order chi connectivity index (χ1) is 6.13. The summed E-state index contributed by atoms with van der Waals surface area (Å²) >= 11 is 0. The molecule has 1 aliphatic rings. The quantitative estimate of drug-likeness (QED) is 0.193. The van der Waals surface area contributed by atoms with Crippen LogP contribution in [0.1, 0.15) is 0 Å². The first-order valence-electron chi connectivity index (χ1n) is 3.86. The lowest BCUT2D eigenvalue weighted by Crippen LogP contribution is -2.39. The molecule has 8 N–H and O–H groups in total. The van der Waals surface area contributed by atoms with Crippen molar-refractivity contribution in [3.63, 3.8) is 0 Å². The minimum Gasteiger partial charge on any atom is -0.379 e. The molecule has 0 radical (unpaired) electrons. The minimum absolute atomic E-state index is 0.312. The molecule has 7 nitrogen and oxygen atoms in total. The molecule has 76 valence electrons. The Kier molecular flexibility index (Phi) is 6.56. The third-order valence-electron chi connectivity index (χ3n) is 1.12. The zero-order valence-electron chi connectivity index (χ0n) is 7.39. The molecular formula is C6H16N6O. The summed E-state index contributed by atoms with van der Waals surface area (Å²) < 4.78 is 5.01. The van der Waals surface area contributed by atoms with E-state index >= 15 is 0 Å². The van der Waals surface area contributed by atoms with Crippen LogP contribution in [0.25, 0.3) is 0 Å². The van der Waals surface area contributed by atoms with Crippen LogP contribution in [0, 0.1) is 10.8 Å². The lowest BCUT2D eigenvalue weighted by Gasteiger charge is -2.10. The molecule has 13 heavy (non-hydrogen) atoms. The second-order valence-electron chi connectivity index (χ2n) is 2.31. The van der Waals surface area contributed by atoms with Crippen LogP contribution < -0.4 is 22.1 Å². The van der Waals surface area contributed by atoms with Crippen LogP contribution in [0.2, 0.25) is 0 Å². The van der Waals surface area contributed by atoms with E-state index in [0.717, 1.165) is 26.3 Å². The van der Waals surface area contributed by atoms with Gasteiger partial charge in [-0.3, -0.25) is 16.1 Å². The van der Waals surface area contributed by atoms with Gasteiger partial charge in [-0.15, -0.1) is 0 Å². The van der Waals surface area contributed by atoms with Crippen molar-refractivity contribution < 1.29 is 4.74 Å². The molecule has 0 amide bonds. The summed E-state index contributed by atoms with van der Waals surface area (Å²) in [6, 6.07) is 0. The molecule has 7 heteroatoms. The molecule has 0 aromatic rings. The van der Waals surface area contributed by atoms with Gasteiger partial charge in [-0.2, -0.15) is 0 Å². The third-order valence-corrected chi connectivity index (χ3v) is 1.12. The smallest absolute Gasteiger partial charge is 0.192 e. The highest BCUT2D eigenvalue weighted by molar-refractivity contribution is 5.93. The Morgan fingerprint density at radius 3 is 1.69 bits per heavy atom. The third kappa shape index (κ3) is 10.7. The molecule has 1 aliphatic heterocycles. The summed E-state index contributed by atoms with van der Waals surface area (Å²) in [4.78, 5) is 0. The van der Waals surface area contributed by atoms with Crippen LogP contribution in [0.3, 0.4) is 0 Å². The van der Waals surface area contributed by atoms with E-state index in [2.05, 4.69) is 5.32 Å². The van der Waals surface area contributed by atoms with Gasteiger partial charge in [-0.05, 0) is 0 Å². The lowest BCUT2D eigenvalue weighted by molar-refractivity contribution is 0.109. The molecule has 0 bridgehead atoms. The standard InChI is InChI=1S/C4H9NO.C2H7N5/c1-3-6-4-2-5-1;3-1(4)7-2(5)6/h5H,1-4H2;(H7,3,4,5,6,7). The maximum absolute atomic E-state index is 6.47. The van der Waals surface area contributed by atoms with Gasteiger partial charge in [0.1, 0.15) is 0 Å². The largest absolute Gasteiger partial charge is 0.379 e. The number of nitrogens with two attached hydrogens (primary N) is 2. The second-order valence-corrected chi connectivity index (χ2v) is 2.31. The molecule has 0 aromatic heterocycles. The molecule has 0 aromatic carbocycles. The maximum Gasteiger partial charge on any atom is 0.192 e. The van der Waals surface area contributed by atoms with Crippen molar-refractivity contribution in [1.29, 1.82) is 10.8 Å². The van der Waals surface area contributed by atoms with Crippen LogP contribution in [0.15, 0.2) is 0 Å². The van der Waals surface area contributed by atoms with Gasteiger partial charge in [0, 0.05) is 13.1 Å². The number of hydrogen-bond acceptors (Lipinski definition) is 4. The van der Waals surface area contributed by atoms with Gasteiger partial charge in [-0.25, -0.2) is 0 Å². The highest BCUT2D eigenvalue weighted by Gasteiger charge is 1.92. The topological polar surface area (TPSA) is 133 Å². The zero-order valence-corrected chi connectivity index (χ0v) is 7.39. The van der Waals surface area contributed by atoms with Crippen molar-refractivity contribution in [2.24, 2.45) is 11.5 Å². The van der Waals surface area contributed by atoms with Crippen molar-refractivity contribution in [1.82, 2.24) is 10.6 Å². The fraction of sp³-hybridized carbons (Fsp3) is 0.667. The molecule has 1 heterocycles. The fourth-order valence-corrected chi connectivity index (χ4v) is 0.661. The minimum atomic E-state index is -0.312. The summed E-state index contributed by atoms with van der Waals surface area (Å²) in [6.07, 6.45) is 0. The highest BCUT2D eigenvalue weighted by Crippen LogP contribution is 1.76. The number of nitrogens with one attached hydrogen (secondary N) is 4. The van der Waals surface area contributed by atoms with E-state index in [1.54, 1.807) is 0 Å². The molecular weight excluding hydrogens is 172 g/mol. The Hall–Kier alpha value is -1.34. The summed E-state index contributed by atoms with van der Waals surface area (Å²) in [5, 5.41) is 18.1. The van der Waals surface area contributed by atoms with E-state index in [4.69, 9.17) is 27.0 Å². The van der Waals surface area contributed by atoms with Crippen molar-refractivity contribution in [3.05, 3.63) is 0 Å². The van der Waals surface area contributed by atoms with Gasteiger partial charge < -0.3 is 21.5 Å². The number of rotatable bonds is 0. The summed E-state index contributed by atoms with van der Waals surface area (Å²) in [6.45, 7) is 3.83. The number of hydrogen-bond donors (Lipinski definition) is 6. The zero-order chi connectivity index (χ0) is 10.1. The van der Waals surface area contributed by atoms with Crippen molar-refractivity contribution in [3.8, 4) is 0 Å². The average Bonchev–Trinajstić information content (AvgIpc) is 2.06. The van der Waals surface area contributed by atoms with Gasteiger partial charge >= 0.3 is 0 Å². The summed E-state index contributed by atoms with van der Waals surface area (Å²) in [7, 11) is 0. The second kappa shape index (κ2) is 7.32. The van der Waals surface area contributed by atoms with Gasteiger partial charge in [0.25, 0.3) is 0 Å². The van der Waals surface area contributed by atoms with E-state index in [1.807, 2.05) is 5.32 Å². The summed E-state index contributed by atoms with van der Waals surface area (Å²) in [5.41, 5.74) is 9.49. The van der Waals surface area contributed by atoms with Crippen LogP contribution in [0.5, 0.6) is 0 Å². The first kappa shape index (κ1) is 11.7.